The van der Waals surface area contributed by atoms with Crippen LogP contribution in [0.1, 0.15) is 57.7 Å². The van der Waals surface area contributed by atoms with Gasteiger partial charge in [-0.05, 0) is 68.1 Å². The lowest BCUT2D eigenvalue weighted by molar-refractivity contribution is 0.101. The molecule has 26 heavy (non-hydrogen) atoms. The van der Waals surface area contributed by atoms with Crippen molar-refractivity contribution in [2.75, 3.05) is 18.4 Å². The van der Waals surface area contributed by atoms with Crippen LogP contribution in [-0.2, 0) is 6.42 Å². The molecule has 2 aromatic carbocycles. The third-order valence-electron chi connectivity index (χ3n) is 5.33. The summed E-state index contributed by atoms with van der Waals surface area (Å²) < 4.78 is 0. The number of carbonyl (C=O) groups is 2. The summed E-state index contributed by atoms with van der Waals surface area (Å²) in [5, 5.41) is 2.99. The molecule has 1 saturated heterocycles. The van der Waals surface area contributed by atoms with Gasteiger partial charge in [-0.15, -0.1) is 12.4 Å². The number of amides is 1. The summed E-state index contributed by atoms with van der Waals surface area (Å²) in [6.45, 7) is 3.83. The molecule has 136 valence electrons. The molecule has 4 rings (SSSR count). The number of carbonyl (C=O) groups excluding carboxylic acids is 2. The van der Waals surface area contributed by atoms with Gasteiger partial charge in [0.25, 0.3) is 5.91 Å². The number of fused-ring (bicyclic) bond motifs is 3. The van der Waals surface area contributed by atoms with Gasteiger partial charge in [0.05, 0.1) is 0 Å². The summed E-state index contributed by atoms with van der Waals surface area (Å²) in [5.41, 5.74) is 4.65. The fourth-order valence-electron chi connectivity index (χ4n) is 4.00. The Bertz CT molecular complexity index is 850. The molecule has 5 heteroatoms. The standard InChI is InChI=1S/C21H22N2O2.ClH/c1-14(24)16-4-2-5-17(12-16)21(25)22-18-8-7-15-9-11-23-10-3-6-20(23)19(15)13-18;/h2,4-5,7-8,12-13,20H,3,6,9-11H2,1H3,(H,22,25);1H. The fourth-order valence-corrected chi connectivity index (χ4v) is 4.00. The molecule has 2 aliphatic heterocycles. The maximum absolute atomic E-state index is 12.6. The minimum Gasteiger partial charge on any atom is -0.322 e. The van der Waals surface area contributed by atoms with Crippen molar-refractivity contribution in [2.24, 2.45) is 0 Å². The van der Waals surface area contributed by atoms with Gasteiger partial charge in [-0.1, -0.05) is 18.2 Å². The Hall–Kier alpha value is -2.17. The molecule has 1 unspecified atom stereocenters. The van der Waals surface area contributed by atoms with Gasteiger partial charge in [0, 0.05) is 29.4 Å². The van der Waals surface area contributed by atoms with Gasteiger partial charge in [0.2, 0.25) is 0 Å². The molecule has 2 aliphatic rings. The van der Waals surface area contributed by atoms with E-state index in [9.17, 15) is 9.59 Å². The number of Topliss-reactive ketones (excluding diaryl/α,β-unsaturated/α-hetero) is 1. The van der Waals surface area contributed by atoms with E-state index in [0.717, 1.165) is 18.7 Å². The molecule has 0 spiro atoms. The highest BCUT2D eigenvalue weighted by Crippen LogP contribution is 2.38. The third kappa shape index (κ3) is 3.53. The third-order valence-corrected chi connectivity index (χ3v) is 5.33. The molecule has 2 heterocycles. The Labute approximate surface area is 160 Å². The van der Waals surface area contributed by atoms with Crippen LogP contribution < -0.4 is 5.32 Å². The lowest BCUT2D eigenvalue weighted by Gasteiger charge is -2.32. The number of rotatable bonds is 3. The van der Waals surface area contributed by atoms with E-state index in [1.165, 1.54) is 37.4 Å². The first-order valence-corrected chi connectivity index (χ1v) is 8.91. The van der Waals surface area contributed by atoms with Crippen LogP contribution in [0.4, 0.5) is 5.69 Å². The van der Waals surface area contributed by atoms with E-state index in [1.54, 1.807) is 24.3 Å². The monoisotopic (exact) mass is 370 g/mol. The quantitative estimate of drug-likeness (QED) is 0.821. The van der Waals surface area contributed by atoms with Crippen molar-refractivity contribution < 1.29 is 9.59 Å². The summed E-state index contributed by atoms with van der Waals surface area (Å²) in [5.74, 6) is -0.216. The fraction of sp³-hybridized carbons (Fsp3) is 0.333. The molecule has 0 aromatic heterocycles. The Morgan fingerprint density at radius 3 is 2.69 bits per heavy atom. The van der Waals surface area contributed by atoms with Crippen molar-refractivity contribution in [3.8, 4) is 0 Å². The highest BCUT2D eigenvalue weighted by molar-refractivity contribution is 6.06. The van der Waals surface area contributed by atoms with E-state index in [-0.39, 0.29) is 24.1 Å². The van der Waals surface area contributed by atoms with Crippen molar-refractivity contribution in [1.82, 2.24) is 4.90 Å². The van der Waals surface area contributed by atoms with Crippen LogP contribution in [0.3, 0.4) is 0 Å². The highest BCUT2D eigenvalue weighted by atomic mass is 35.5. The summed E-state index contributed by atoms with van der Waals surface area (Å²) in [6, 6.07) is 13.6. The molecule has 1 amide bonds. The molecule has 0 aliphatic carbocycles. The zero-order chi connectivity index (χ0) is 17.4. The van der Waals surface area contributed by atoms with E-state index in [1.807, 2.05) is 6.07 Å². The molecule has 1 fully saturated rings. The summed E-state index contributed by atoms with van der Waals surface area (Å²) >= 11 is 0. The summed E-state index contributed by atoms with van der Waals surface area (Å²) in [4.78, 5) is 26.6. The van der Waals surface area contributed by atoms with Gasteiger partial charge < -0.3 is 5.32 Å². The molecule has 4 nitrogen and oxygen atoms in total. The first-order chi connectivity index (χ1) is 12.1. The predicted molar refractivity (Wildman–Crippen MR) is 105 cm³/mol. The molecule has 0 saturated carbocycles. The lowest BCUT2D eigenvalue weighted by Crippen LogP contribution is -2.31. The molecule has 0 bridgehead atoms. The second-order valence-electron chi connectivity index (χ2n) is 6.95. The van der Waals surface area contributed by atoms with Crippen molar-refractivity contribution in [3.63, 3.8) is 0 Å². The van der Waals surface area contributed by atoms with Gasteiger partial charge in [-0.2, -0.15) is 0 Å². The van der Waals surface area contributed by atoms with E-state index in [4.69, 9.17) is 0 Å². The topological polar surface area (TPSA) is 49.4 Å². The number of anilines is 1. The Morgan fingerprint density at radius 2 is 1.88 bits per heavy atom. The van der Waals surface area contributed by atoms with Gasteiger partial charge in [0.15, 0.2) is 5.78 Å². The molecular formula is C21H23ClN2O2. The zero-order valence-corrected chi connectivity index (χ0v) is 15.6. The van der Waals surface area contributed by atoms with Gasteiger partial charge in [0.1, 0.15) is 0 Å². The number of ketones is 1. The van der Waals surface area contributed by atoms with Crippen LogP contribution in [0.5, 0.6) is 0 Å². The molecule has 0 radical (unpaired) electrons. The Kier molecular flexibility index (Phi) is 5.44. The second-order valence-corrected chi connectivity index (χ2v) is 6.95. The Morgan fingerprint density at radius 1 is 1.08 bits per heavy atom. The van der Waals surface area contributed by atoms with E-state index in [0.29, 0.717) is 17.2 Å². The normalized spacial score (nSPS) is 18.4. The predicted octanol–water partition coefficient (Wildman–Crippen LogP) is 4.26. The van der Waals surface area contributed by atoms with E-state index in [2.05, 4.69) is 22.3 Å². The number of halogens is 1. The molecule has 1 atom stereocenters. The number of nitrogens with zero attached hydrogens (tertiary/aromatic N) is 1. The highest BCUT2D eigenvalue weighted by Gasteiger charge is 2.31. The van der Waals surface area contributed by atoms with Crippen LogP contribution in [0, 0.1) is 0 Å². The van der Waals surface area contributed by atoms with E-state index < -0.39 is 0 Å². The number of nitrogens with one attached hydrogen (secondary N) is 1. The maximum atomic E-state index is 12.6. The minimum absolute atomic E-state index is 0. The second kappa shape index (κ2) is 7.60. The SMILES string of the molecule is CC(=O)c1cccc(C(=O)Nc2ccc3c(c2)C2CCCN2CC3)c1.Cl. The smallest absolute Gasteiger partial charge is 0.255 e. The number of hydrogen-bond donors (Lipinski definition) is 1. The zero-order valence-electron chi connectivity index (χ0n) is 14.8. The number of benzene rings is 2. The van der Waals surface area contributed by atoms with Gasteiger partial charge in [-0.25, -0.2) is 0 Å². The van der Waals surface area contributed by atoms with Crippen LogP contribution in [0.25, 0.3) is 0 Å². The van der Waals surface area contributed by atoms with Gasteiger partial charge in [-0.3, -0.25) is 14.5 Å². The van der Waals surface area contributed by atoms with Crippen molar-refractivity contribution in [1.29, 1.82) is 0 Å². The first-order valence-electron chi connectivity index (χ1n) is 8.91. The van der Waals surface area contributed by atoms with Crippen LogP contribution >= 0.6 is 12.4 Å². The maximum Gasteiger partial charge on any atom is 0.255 e. The average Bonchev–Trinajstić information content (AvgIpc) is 3.11. The minimum atomic E-state index is -0.179. The number of hydrogen-bond acceptors (Lipinski definition) is 3. The largest absolute Gasteiger partial charge is 0.322 e. The van der Waals surface area contributed by atoms with Crippen molar-refractivity contribution in [3.05, 3.63) is 64.7 Å². The van der Waals surface area contributed by atoms with Crippen LogP contribution in [0.15, 0.2) is 42.5 Å². The average molecular weight is 371 g/mol. The van der Waals surface area contributed by atoms with Gasteiger partial charge >= 0.3 is 0 Å². The summed E-state index contributed by atoms with van der Waals surface area (Å²) in [7, 11) is 0. The van der Waals surface area contributed by atoms with Crippen molar-refractivity contribution >= 4 is 29.8 Å². The Balaban J connectivity index is 0.00000196. The van der Waals surface area contributed by atoms with Crippen molar-refractivity contribution in [2.45, 2.75) is 32.2 Å². The van der Waals surface area contributed by atoms with Crippen LogP contribution in [-0.4, -0.2) is 29.7 Å². The molecule has 2 aromatic rings. The summed E-state index contributed by atoms with van der Waals surface area (Å²) in [6.07, 6.45) is 3.53. The van der Waals surface area contributed by atoms with E-state index >= 15 is 0 Å². The lowest BCUT2D eigenvalue weighted by atomic mass is 9.92. The first kappa shape index (κ1) is 18.6. The molecule has 1 N–H and O–H groups in total. The van der Waals surface area contributed by atoms with Crippen LogP contribution in [0.2, 0.25) is 0 Å². The molecular weight excluding hydrogens is 348 g/mol.